The molecule has 2 aromatic rings. The molecule has 0 radical (unpaired) electrons. The quantitative estimate of drug-likeness (QED) is 0.826. The van der Waals surface area contributed by atoms with Crippen LogP contribution in [0.5, 0.6) is 5.75 Å². The summed E-state index contributed by atoms with van der Waals surface area (Å²) >= 11 is 0. The van der Waals surface area contributed by atoms with Crippen molar-refractivity contribution in [3.8, 4) is 16.9 Å². The summed E-state index contributed by atoms with van der Waals surface area (Å²) in [5.74, 6) is -0.112. The molecule has 0 spiro atoms. The summed E-state index contributed by atoms with van der Waals surface area (Å²) in [7, 11) is 1.61. The van der Waals surface area contributed by atoms with E-state index in [-0.39, 0.29) is 6.42 Å². The zero-order valence-corrected chi connectivity index (χ0v) is 10.6. The maximum Gasteiger partial charge on any atom is 0.307 e. The second-order valence-electron chi connectivity index (χ2n) is 4.22. The van der Waals surface area contributed by atoms with Gasteiger partial charge in [-0.1, -0.05) is 18.2 Å². The molecule has 2 aromatic carbocycles. The first kappa shape index (κ1) is 13.0. The molecule has 19 heavy (non-hydrogen) atoms. The van der Waals surface area contributed by atoms with Gasteiger partial charge in [0.2, 0.25) is 0 Å². The number of rotatable bonds is 4. The minimum absolute atomic E-state index is 0.0492. The Morgan fingerprint density at radius 2 is 1.89 bits per heavy atom. The van der Waals surface area contributed by atoms with Gasteiger partial charge < -0.3 is 15.6 Å². The van der Waals surface area contributed by atoms with Gasteiger partial charge in [0.25, 0.3) is 0 Å². The third-order valence-corrected chi connectivity index (χ3v) is 2.87. The fraction of sp³-hybridized carbons (Fsp3) is 0.133. The van der Waals surface area contributed by atoms with Gasteiger partial charge in [-0.05, 0) is 41.0 Å². The molecule has 0 heterocycles. The van der Waals surface area contributed by atoms with Gasteiger partial charge in [0.1, 0.15) is 5.75 Å². The van der Waals surface area contributed by atoms with Crippen LogP contribution in [0.3, 0.4) is 0 Å². The normalized spacial score (nSPS) is 10.2. The topological polar surface area (TPSA) is 72.5 Å². The lowest BCUT2D eigenvalue weighted by Gasteiger charge is -2.10. The molecule has 0 aliphatic carbocycles. The van der Waals surface area contributed by atoms with Crippen molar-refractivity contribution in [1.82, 2.24) is 0 Å². The zero-order chi connectivity index (χ0) is 13.8. The third-order valence-electron chi connectivity index (χ3n) is 2.87. The van der Waals surface area contributed by atoms with E-state index in [0.717, 1.165) is 16.9 Å². The predicted octanol–water partition coefficient (Wildman–Crippen LogP) is 2.57. The van der Waals surface area contributed by atoms with Crippen molar-refractivity contribution < 1.29 is 14.6 Å². The highest BCUT2D eigenvalue weighted by atomic mass is 16.5. The summed E-state index contributed by atoms with van der Waals surface area (Å²) in [5, 5.41) is 8.95. The smallest absolute Gasteiger partial charge is 0.307 e. The van der Waals surface area contributed by atoms with Crippen LogP contribution in [0.1, 0.15) is 5.56 Å². The van der Waals surface area contributed by atoms with Gasteiger partial charge in [-0.15, -0.1) is 0 Å². The molecular formula is C15H15NO3. The average Bonchev–Trinajstić information content (AvgIpc) is 2.38. The number of benzene rings is 2. The Labute approximate surface area is 111 Å². The molecule has 4 nitrogen and oxygen atoms in total. The van der Waals surface area contributed by atoms with Gasteiger partial charge in [0.15, 0.2) is 0 Å². The second-order valence-corrected chi connectivity index (χ2v) is 4.22. The molecule has 0 saturated heterocycles. The summed E-state index contributed by atoms with van der Waals surface area (Å²) in [4.78, 5) is 10.9. The lowest BCUT2D eigenvalue weighted by atomic mass is 9.97. The molecule has 2 rings (SSSR count). The van der Waals surface area contributed by atoms with Gasteiger partial charge in [0.05, 0.1) is 13.5 Å². The molecule has 0 bridgehead atoms. The zero-order valence-electron chi connectivity index (χ0n) is 10.6. The van der Waals surface area contributed by atoms with E-state index in [4.69, 9.17) is 15.6 Å². The largest absolute Gasteiger partial charge is 0.497 e. The minimum atomic E-state index is -0.875. The number of anilines is 1. The molecule has 0 aliphatic heterocycles. The highest BCUT2D eigenvalue weighted by Gasteiger charge is 2.09. The van der Waals surface area contributed by atoms with Crippen LogP contribution in [0.4, 0.5) is 5.69 Å². The molecule has 0 saturated carbocycles. The van der Waals surface area contributed by atoms with E-state index in [1.54, 1.807) is 19.2 Å². The molecule has 3 N–H and O–H groups in total. The molecule has 0 unspecified atom stereocenters. The second kappa shape index (κ2) is 5.44. The highest BCUT2D eigenvalue weighted by Crippen LogP contribution is 2.27. The van der Waals surface area contributed by atoms with Gasteiger partial charge >= 0.3 is 5.97 Å². The Morgan fingerprint density at radius 3 is 2.47 bits per heavy atom. The van der Waals surface area contributed by atoms with E-state index in [9.17, 15) is 4.79 Å². The highest BCUT2D eigenvalue weighted by molar-refractivity contribution is 5.78. The van der Waals surface area contributed by atoms with Crippen molar-refractivity contribution in [3.63, 3.8) is 0 Å². The molecule has 0 aromatic heterocycles. The number of nitrogens with two attached hydrogens (primary N) is 1. The number of hydrogen-bond acceptors (Lipinski definition) is 3. The van der Waals surface area contributed by atoms with E-state index in [2.05, 4.69) is 0 Å². The van der Waals surface area contributed by atoms with Crippen LogP contribution in [0.15, 0.2) is 42.5 Å². The van der Waals surface area contributed by atoms with Crippen LogP contribution in [0, 0.1) is 0 Å². The van der Waals surface area contributed by atoms with Crippen molar-refractivity contribution in [2.45, 2.75) is 6.42 Å². The third kappa shape index (κ3) is 3.04. The van der Waals surface area contributed by atoms with Crippen LogP contribution in [-0.2, 0) is 11.2 Å². The Balaban J connectivity index is 2.44. The standard InChI is InChI=1S/C15H15NO3/c1-19-13-5-2-10(3-6-13)14-7-4-12(16)8-11(14)9-15(17)18/h2-8H,9,16H2,1H3,(H,17,18). The molecule has 98 valence electrons. The number of carbonyl (C=O) groups is 1. The molecule has 0 atom stereocenters. The predicted molar refractivity (Wildman–Crippen MR) is 74.2 cm³/mol. The molecule has 4 heteroatoms. The average molecular weight is 257 g/mol. The van der Waals surface area contributed by atoms with Crippen LogP contribution < -0.4 is 10.5 Å². The summed E-state index contributed by atoms with van der Waals surface area (Å²) in [5.41, 5.74) is 8.80. The number of hydrogen-bond donors (Lipinski definition) is 2. The number of methoxy groups -OCH3 is 1. The number of aliphatic carboxylic acids is 1. The first-order chi connectivity index (χ1) is 9.10. The summed E-state index contributed by atoms with van der Waals surface area (Å²) in [6.45, 7) is 0. The van der Waals surface area contributed by atoms with Gasteiger partial charge in [0, 0.05) is 5.69 Å². The monoisotopic (exact) mass is 257 g/mol. The molecule has 0 fully saturated rings. The van der Waals surface area contributed by atoms with E-state index < -0.39 is 5.97 Å². The Bertz CT molecular complexity index is 591. The van der Waals surface area contributed by atoms with Gasteiger partial charge in [-0.2, -0.15) is 0 Å². The van der Waals surface area contributed by atoms with E-state index in [0.29, 0.717) is 11.3 Å². The fourth-order valence-corrected chi connectivity index (χ4v) is 1.98. The van der Waals surface area contributed by atoms with E-state index in [1.165, 1.54) is 0 Å². The van der Waals surface area contributed by atoms with Gasteiger partial charge in [-0.25, -0.2) is 0 Å². The molecule has 0 amide bonds. The summed E-state index contributed by atoms with van der Waals surface area (Å²) in [6, 6.07) is 12.8. The summed E-state index contributed by atoms with van der Waals surface area (Å²) in [6.07, 6.45) is -0.0492. The Morgan fingerprint density at radius 1 is 1.21 bits per heavy atom. The van der Waals surface area contributed by atoms with Crippen LogP contribution in [-0.4, -0.2) is 18.2 Å². The van der Waals surface area contributed by atoms with E-state index in [1.807, 2.05) is 30.3 Å². The van der Waals surface area contributed by atoms with Gasteiger partial charge in [-0.3, -0.25) is 4.79 Å². The van der Waals surface area contributed by atoms with Crippen molar-refractivity contribution >= 4 is 11.7 Å². The summed E-state index contributed by atoms with van der Waals surface area (Å²) < 4.78 is 5.10. The lowest BCUT2D eigenvalue weighted by molar-refractivity contribution is -0.136. The first-order valence-electron chi connectivity index (χ1n) is 5.85. The molecule has 0 aliphatic rings. The molecular weight excluding hydrogens is 242 g/mol. The number of carboxylic acid groups (broad SMARTS) is 1. The van der Waals surface area contributed by atoms with Crippen molar-refractivity contribution in [2.75, 3.05) is 12.8 Å². The Kier molecular flexibility index (Phi) is 3.71. The maximum absolute atomic E-state index is 10.9. The SMILES string of the molecule is COc1ccc(-c2ccc(N)cc2CC(=O)O)cc1. The van der Waals surface area contributed by atoms with Crippen LogP contribution >= 0.6 is 0 Å². The maximum atomic E-state index is 10.9. The number of nitrogen functional groups attached to an aromatic ring is 1. The van der Waals surface area contributed by atoms with Crippen LogP contribution in [0.2, 0.25) is 0 Å². The minimum Gasteiger partial charge on any atom is -0.497 e. The van der Waals surface area contributed by atoms with Crippen molar-refractivity contribution in [3.05, 3.63) is 48.0 Å². The number of carboxylic acids is 1. The Hall–Kier alpha value is -2.49. The lowest BCUT2D eigenvalue weighted by Crippen LogP contribution is -2.02. The fourth-order valence-electron chi connectivity index (χ4n) is 1.98. The number of ether oxygens (including phenoxy) is 1. The van der Waals surface area contributed by atoms with Crippen molar-refractivity contribution in [2.24, 2.45) is 0 Å². The van der Waals surface area contributed by atoms with Crippen LogP contribution in [0.25, 0.3) is 11.1 Å². The van der Waals surface area contributed by atoms with E-state index >= 15 is 0 Å². The first-order valence-corrected chi connectivity index (χ1v) is 5.85. The van der Waals surface area contributed by atoms with Crippen molar-refractivity contribution in [1.29, 1.82) is 0 Å².